The number of ether oxygens (including phenoxy) is 3. The lowest BCUT2D eigenvalue weighted by Gasteiger charge is -2.20. The zero-order valence-corrected chi connectivity index (χ0v) is 19.8. The fourth-order valence-corrected chi connectivity index (χ4v) is 4.97. The maximum atomic E-state index is 14.1. The van der Waals surface area contributed by atoms with Gasteiger partial charge in [0.15, 0.2) is 6.10 Å². The van der Waals surface area contributed by atoms with Crippen molar-refractivity contribution in [1.29, 1.82) is 0 Å². The van der Waals surface area contributed by atoms with Crippen molar-refractivity contribution in [3.05, 3.63) is 47.5 Å². The molecule has 2 saturated heterocycles. The molecule has 2 aliphatic heterocycles. The molecular formula is C22H22ClFN4O5S. The molecule has 0 radical (unpaired) electrons. The van der Waals surface area contributed by atoms with Gasteiger partial charge in [0.1, 0.15) is 42.0 Å². The predicted octanol–water partition coefficient (Wildman–Crippen LogP) is 3.43. The van der Waals surface area contributed by atoms with Gasteiger partial charge in [-0.15, -0.1) is 0 Å². The molecule has 2 unspecified atom stereocenters. The van der Waals surface area contributed by atoms with E-state index in [1.54, 1.807) is 12.1 Å². The molecule has 2 N–H and O–H groups in total. The average Bonchev–Trinajstić information content (AvgIpc) is 3.32. The summed E-state index contributed by atoms with van der Waals surface area (Å²) in [6.07, 6.45) is 2.26. The van der Waals surface area contributed by atoms with E-state index in [1.807, 2.05) is 0 Å². The Balaban J connectivity index is 1.48. The number of anilines is 2. The van der Waals surface area contributed by atoms with E-state index < -0.39 is 40.0 Å². The topological polar surface area (TPSA) is 115 Å². The van der Waals surface area contributed by atoms with Crippen LogP contribution in [-0.4, -0.2) is 69.4 Å². The summed E-state index contributed by atoms with van der Waals surface area (Å²) in [5, 5.41) is 13.9. The highest BCUT2D eigenvalue weighted by Crippen LogP contribution is 2.37. The number of nitrogens with zero attached hydrogens (tertiary/aromatic N) is 3. The van der Waals surface area contributed by atoms with Crippen molar-refractivity contribution < 1.29 is 27.9 Å². The van der Waals surface area contributed by atoms with Crippen LogP contribution >= 0.6 is 11.6 Å². The molecule has 2 aliphatic rings. The van der Waals surface area contributed by atoms with Gasteiger partial charge in [-0.1, -0.05) is 11.6 Å². The normalized spacial score (nSPS) is 24.3. The third-order valence-corrected chi connectivity index (χ3v) is 6.41. The Hall–Kier alpha value is -2.57. The van der Waals surface area contributed by atoms with Gasteiger partial charge in [0.2, 0.25) is 0 Å². The van der Waals surface area contributed by atoms with Gasteiger partial charge in [0.25, 0.3) is 0 Å². The Labute approximate surface area is 200 Å². The van der Waals surface area contributed by atoms with Crippen LogP contribution in [0.4, 0.5) is 21.6 Å². The molecule has 180 valence electrons. The smallest absolute Gasteiger partial charge is 0.151 e. The summed E-state index contributed by atoms with van der Waals surface area (Å²) in [5.41, 5.74) is 1.38. The maximum absolute atomic E-state index is 14.1. The van der Waals surface area contributed by atoms with Crippen molar-refractivity contribution in [2.24, 2.45) is 4.36 Å². The van der Waals surface area contributed by atoms with Crippen LogP contribution in [-0.2, 0) is 19.2 Å². The molecule has 1 aromatic heterocycles. The van der Waals surface area contributed by atoms with Crippen LogP contribution in [0.1, 0.15) is 0 Å². The monoisotopic (exact) mass is 508 g/mol. The Kier molecular flexibility index (Phi) is 6.07. The Morgan fingerprint density at radius 1 is 1.21 bits per heavy atom. The van der Waals surface area contributed by atoms with Crippen molar-refractivity contribution in [3.8, 4) is 5.75 Å². The van der Waals surface area contributed by atoms with Gasteiger partial charge in [0.05, 0.1) is 40.5 Å². The molecule has 2 aromatic carbocycles. The van der Waals surface area contributed by atoms with Crippen LogP contribution in [0.25, 0.3) is 10.9 Å². The summed E-state index contributed by atoms with van der Waals surface area (Å²) in [4.78, 5) is 8.56. The molecule has 0 spiro atoms. The predicted molar refractivity (Wildman–Crippen MR) is 126 cm³/mol. The second-order valence-corrected chi connectivity index (χ2v) is 11.4. The molecule has 3 heterocycles. The van der Waals surface area contributed by atoms with E-state index >= 15 is 0 Å². The number of aliphatic hydroxyl groups is 1. The first-order chi connectivity index (χ1) is 16.2. The van der Waals surface area contributed by atoms with Crippen molar-refractivity contribution in [2.75, 3.05) is 31.0 Å². The number of halogens is 2. The van der Waals surface area contributed by atoms with Crippen LogP contribution in [0.2, 0.25) is 5.02 Å². The molecule has 0 aliphatic carbocycles. The largest absolute Gasteiger partial charge is 0.483 e. The van der Waals surface area contributed by atoms with Gasteiger partial charge in [-0.25, -0.2) is 18.6 Å². The van der Waals surface area contributed by atoms with Gasteiger partial charge in [0, 0.05) is 28.3 Å². The standard InChI is InChI=1S/C22H22ClFN4O5S/c1-34(2,30)28-12-6-13(23)19-15(7-12)25-10-26-22(19)27-14-4-3-11(24)5-17(14)33-18-9-32-20-16(29)8-31-21(18)20/h3-7,10,16,18,20-21,29H,8-9H2,1-2H3,(H,25,26,27)/t16-,18-,20?,21?/m1/s1. The quantitative estimate of drug-likeness (QED) is 0.538. The lowest BCUT2D eigenvalue weighted by atomic mass is 10.1. The van der Waals surface area contributed by atoms with Gasteiger partial charge < -0.3 is 24.6 Å². The van der Waals surface area contributed by atoms with E-state index in [2.05, 4.69) is 19.6 Å². The van der Waals surface area contributed by atoms with Crippen LogP contribution in [0.3, 0.4) is 0 Å². The maximum Gasteiger partial charge on any atom is 0.151 e. The summed E-state index contributed by atoms with van der Waals surface area (Å²) in [5.74, 6) is 0.119. The van der Waals surface area contributed by atoms with Crippen molar-refractivity contribution in [1.82, 2.24) is 9.97 Å². The van der Waals surface area contributed by atoms with Crippen molar-refractivity contribution in [2.45, 2.75) is 24.4 Å². The average molecular weight is 509 g/mol. The minimum absolute atomic E-state index is 0.161. The van der Waals surface area contributed by atoms with Gasteiger partial charge in [-0.2, -0.15) is 4.36 Å². The molecule has 34 heavy (non-hydrogen) atoms. The number of fused-ring (bicyclic) bond motifs is 2. The lowest BCUT2D eigenvalue weighted by Crippen LogP contribution is -2.34. The summed E-state index contributed by atoms with van der Waals surface area (Å²) >= 11 is 6.52. The summed E-state index contributed by atoms with van der Waals surface area (Å²) < 4.78 is 47.6. The minimum atomic E-state index is -2.38. The fourth-order valence-electron chi connectivity index (χ4n) is 4.06. The Bertz CT molecular complexity index is 1370. The zero-order chi connectivity index (χ0) is 24.0. The SMILES string of the molecule is CS(C)(=O)=Nc1cc(Cl)c2c(Nc3ccc(F)cc3O[C@@H]3COC4C3OC[C@H]4O)ncnc2c1. The summed E-state index contributed by atoms with van der Waals surface area (Å²) in [6.45, 7) is 0.364. The molecule has 0 saturated carbocycles. The zero-order valence-electron chi connectivity index (χ0n) is 18.3. The van der Waals surface area contributed by atoms with Crippen LogP contribution in [0, 0.1) is 5.82 Å². The van der Waals surface area contributed by atoms with Gasteiger partial charge in [-0.3, -0.25) is 0 Å². The second-order valence-electron chi connectivity index (χ2n) is 8.40. The number of hydrogen-bond donors (Lipinski definition) is 2. The van der Waals surface area contributed by atoms with E-state index in [-0.39, 0.29) is 19.0 Å². The molecular weight excluding hydrogens is 487 g/mol. The number of rotatable bonds is 5. The van der Waals surface area contributed by atoms with Gasteiger partial charge in [-0.05, 0) is 24.3 Å². The molecule has 2 fully saturated rings. The number of nitrogens with one attached hydrogen (secondary N) is 1. The van der Waals surface area contributed by atoms with E-state index in [1.165, 1.54) is 37.0 Å². The highest BCUT2D eigenvalue weighted by Gasteiger charge is 2.48. The first kappa shape index (κ1) is 23.2. The van der Waals surface area contributed by atoms with Crippen LogP contribution in [0.5, 0.6) is 5.75 Å². The van der Waals surface area contributed by atoms with Crippen molar-refractivity contribution in [3.63, 3.8) is 0 Å². The van der Waals surface area contributed by atoms with Gasteiger partial charge >= 0.3 is 0 Å². The highest BCUT2D eigenvalue weighted by molar-refractivity contribution is 7.92. The number of hydrogen-bond acceptors (Lipinski definition) is 9. The number of aromatic nitrogens is 2. The van der Waals surface area contributed by atoms with Crippen molar-refractivity contribution >= 4 is 49.4 Å². The Morgan fingerprint density at radius 3 is 2.79 bits per heavy atom. The summed E-state index contributed by atoms with van der Waals surface area (Å²) in [7, 11) is -2.38. The molecule has 12 heteroatoms. The van der Waals surface area contributed by atoms with Crippen LogP contribution < -0.4 is 10.1 Å². The second kappa shape index (κ2) is 8.90. The van der Waals surface area contributed by atoms with Crippen LogP contribution in [0.15, 0.2) is 41.0 Å². The van der Waals surface area contributed by atoms with E-state index in [0.717, 1.165) is 0 Å². The van der Waals surface area contributed by atoms with E-state index in [9.17, 15) is 13.7 Å². The third-order valence-electron chi connectivity index (χ3n) is 5.46. The number of benzene rings is 2. The highest BCUT2D eigenvalue weighted by atomic mass is 35.5. The molecule has 4 atom stereocenters. The molecule has 9 nitrogen and oxygen atoms in total. The number of aliphatic hydroxyl groups excluding tert-OH is 1. The molecule has 0 bridgehead atoms. The van der Waals surface area contributed by atoms with E-state index in [0.29, 0.717) is 33.1 Å². The molecule has 5 rings (SSSR count). The Morgan fingerprint density at radius 2 is 2.00 bits per heavy atom. The third kappa shape index (κ3) is 4.66. The molecule has 3 aromatic rings. The molecule has 0 amide bonds. The first-order valence-electron chi connectivity index (χ1n) is 10.4. The summed E-state index contributed by atoms with van der Waals surface area (Å²) in [6, 6.07) is 7.33. The van der Waals surface area contributed by atoms with E-state index in [4.69, 9.17) is 25.8 Å². The minimum Gasteiger partial charge on any atom is -0.483 e. The lowest BCUT2D eigenvalue weighted by molar-refractivity contribution is 0.00871. The first-order valence-corrected chi connectivity index (χ1v) is 13.1. The fraction of sp³-hybridized carbons (Fsp3) is 0.364.